The SMILES string of the molecule is OCC1(c2nc(C3CC3)cs2)CCCC1. The Labute approximate surface area is 94.4 Å². The van der Waals surface area contributed by atoms with Crippen LogP contribution in [-0.2, 0) is 5.41 Å². The summed E-state index contributed by atoms with van der Waals surface area (Å²) in [5.74, 6) is 0.743. The van der Waals surface area contributed by atoms with Gasteiger partial charge in [-0.3, -0.25) is 0 Å². The highest BCUT2D eigenvalue weighted by Gasteiger charge is 2.38. The van der Waals surface area contributed by atoms with Crippen LogP contribution in [-0.4, -0.2) is 16.7 Å². The number of hydrogen-bond donors (Lipinski definition) is 1. The molecule has 1 aromatic rings. The highest BCUT2D eigenvalue weighted by atomic mass is 32.1. The van der Waals surface area contributed by atoms with Crippen LogP contribution in [0.2, 0.25) is 0 Å². The maximum atomic E-state index is 9.60. The Morgan fingerprint density at radius 1 is 1.40 bits per heavy atom. The summed E-state index contributed by atoms with van der Waals surface area (Å²) in [5, 5.41) is 13.0. The Kier molecular flexibility index (Phi) is 2.33. The van der Waals surface area contributed by atoms with E-state index in [-0.39, 0.29) is 12.0 Å². The molecule has 0 radical (unpaired) electrons. The van der Waals surface area contributed by atoms with Crippen molar-refractivity contribution in [2.45, 2.75) is 49.9 Å². The smallest absolute Gasteiger partial charge is 0.101 e. The Bertz CT molecular complexity index is 350. The quantitative estimate of drug-likeness (QED) is 0.854. The van der Waals surface area contributed by atoms with Gasteiger partial charge < -0.3 is 5.11 Å². The molecule has 2 saturated carbocycles. The lowest BCUT2D eigenvalue weighted by atomic mass is 9.88. The van der Waals surface area contributed by atoms with Crippen LogP contribution in [0.1, 0.15) is 55.1 Å². The van der Waals surface area contributed by atoms with E-state index in [1.165, 1.54) is 36.4 Å². The molecule has 3 heteroatoms. The Balaban J connectivity index is 1.88. The molecule has 1 N–H and O–H groups in total. The third-order valence-electron chi connectivity index (χ3n) is 3.83. The van der Waals surface area contributed by atoms with Crippen LogP contribution in [0.25, 0.3) is 0 Å². The molecule has 2 aliphatic carbocycles. The first-order chi connectivity index (χ1) is 7.34. The van der Waals surface area contributed by atoms with Crippen molar-refractivity contribution in [3.63, 3.8) is 0 Å². The molecule has 2 nitrogen and oxygen atoms in total. The zero-order chi connectivity index (χ0) is 10.3. The summed E-state index contributed by atoms with van der Waals surface area (Å²) >= 11 is 1.77. The third-order valence-corrected chi connectivity index (χ3v) is 4.94. The lowest BCUT2D eigenvalue weighted by molar-refractivity contribution is 0.195. The maximum absolute atomic E-state index is 9.60. The minimum atomic E-state index is 0.0256. The van der Waals surface area contributed by atoms with E-state index in [0.717, 1.165) is 18.8 Å². The first kappa shape index (κ1) is 9.79. The predicted octanol–water partition coefficient (Wildman–Crippen LogP) is 2.82. The van der Waals surface area contributed by atoms with Crippen LogP contribution >= 0.6 is 11.3 Å². The average molecular weight is 223 g/mol. The molecular weight excluding hydrogens is 206 g/mol. The second kappa shape index (κ2) is 3.56. The van der Waals surface area contributed by atoms with Gasteiger partial charge in [-0.25, -0.2) is 4.98 Å². The molecule has 1 heterocycles. The van der Waals surface area contributed by atoms with Gasteiger partial charge in [0, 0.05) is 16.7 Å². The number of nitrogens with zero attached hydrogens (tertiary/aromatic N) is 1. The monoisotopic (exact) mass is 223 g/mol. The molecule has 0 aromatic carbocycles. The van der Waals surface area contributed by atoms with Crippen LogP contribution in [0.3, 0.4) is 0 Å². The highest BCUT2D eigenvalue weighted by molar-refractivity contribution is 7.09. The van der Waals surface area contributed by atoms with Gasteiger partial charge in [0.25, 0.3) is 0 Å². The van der Waals surface area contributed by atoms with E-state index in [1.807, 2.05) is 0 Å². The molecule has 1 aromatic heterocycles. The van der Waals surface area contributed by atoms with Crippen molar-refractivity contribution in [3.8, 4) is 0 Å². The van der Waals surface area contributed by atoms with Crippen LogP contribution in [0.4, 0.5) is 0 Å². The largest absolute Gasteiger partial charge is 0.395 e. The summed E-state index contributed by atoms with van der Waals surface area (Å²) < 4.78 is 0. The second-order valence-electron chi connectivity index (χ2n) is 5.00. The summed E-state index contributed by atoms with van der Waals surface area (Å²) in [6.07, 6.45) is 7.38. The van der Waals surface area contributed by atoms with Crippen LogP contribution in [0.15, 0.2) is 5.38 Å². The highest BCUT2D eigenvalue weighted by Crippen LogP contribution is 2.45. The van der Waals surface area contributed by atoms with E-state index in [4.69, 9.17) is 4.98 Å². The van der Waals surface area contributed by atoms with Gasteiger partial charge in [-0.1, -0.05) is 12.8 Å². The fourth-order valence-electron chi connectivity index (χ4n) is 2.59. The topological polar surface area (TPSA) is 33.1 Å². The summed E-state index contributed by atoms with van der Waals surface area (Å²) in [4.78, 5) is 4.76. The first-order valence-corrected chi connectivity index (χ1v) is 6.79. The summed E-state index contributed by atoms with van der Waals surface area (Å²) in [6.45, 7) is 0.282. The maximum Gasteiger partial charge on any atom is 0.101 e. The number of rotatable bonds is 3. The second-order valence-corrected chi connectivity index (χ2v) is 5.86. The van der Waals surface area contributed by atoms with Crippen molar-refractivity contribution in [2.75, 3.05) is 6.61 Å². The van der Waals surface area contributed by atoms with Crippen molar-refractivity contribution in [2.24, 2.45) is 0 Å². The van der Waals surface area contributed by atoms with Gasteiger partial charge in [-0.2, -0.15) is 0 Å². The Morgan fingerprint density at radius 3 is 2.73 bits per heavy atom. The average Bonchev–Trinajstić information content (AvgIpc) is 2.84. The summed E-state index contributed by atoms with van der Waals surface area (Å²) in [5.41, 5.74) is 1.31. The van der Waals surface area contributed by atoms with Gasteiger partial charge in [0.2, 0.25) is 0 Å². The van der Waals surface area contributed by atoms with Gasteiger partial charge in [0.05, 0.1) is 12.3 Å². The van der Waals surface area contributed by atoms with Crippen molar-refractivity contribution in [1.29, 1.82) is 0 Å². The zero-order valence-electron chi connectivity index (χ0n) is 8.91. The van der Waals surface area contributed by atoms with Crippen molar-refractivity contribution in [1.82, 2.24) is 4.98 Å². The molecule has 3 rings (SSSR count). The molecule has 0 spiro atoms. The van der Waals surface area contributed by atoms with Crippen molar-refractivity contribution in [3.05, 3.63) is 16.1 Å². The molecule has 15 heavy (non-hydrogen) atoms. The standard InChI is InChI=1S/C12H17NOS/c14-8-12(5-1-2-6-12)11-13-10(7-15-11)9-3-4-9/h7,9,14H,1-6,8H2. The molecule has 2 fully saturated rings. The molecule has 0 bridgehead atoms. The minimum absolute atomic E-state index is 0.0256. The van der Waals surface area contributed by atoms with Gasteiger partial charge in [0.15, 0.2) is 0 Å². The minimum Gasteiger partial charge on any atom is -0.395 e. The molecule has 0 saturated heterocycles. The van der Waals surface area contributed by atoms with E-state index in [2.05, 4.69) is 5.38 Å². The lowest BCUT2D eigenvalue weighted by Crippen LogP contribution is -2.26. The Hall–Kier alpha value is -0.410. The first-order valence-electron chi connectivity index (χ1n) is 5.91. The number of thiazole rings is 1. The van der Waals surface area contributed by atoms with E-state index >= 15 is 0 Å². The third kappa shape index (κ3) is 1.62. The molecule has 2 aliphatic rings. The van der Waals surface area contributed by atoms with E-state index < -0.39 is 0 Å². The lowest BCUT2D eigenvalue weighted by Gasteiger charge is -2.23. The predicted molar refractivity (Wildman–Crippen MR) is 61.3 cm³/mol. The fraction of sp³-hybridized carbons (Fsp3) is 0.750. The number of hydrogen-bond acceptors (Lipinski definition) is 3. The van der Waals surface area contributed by atoms with E-state index in [1.54, 1.807) is 11.3 Å². The Morgan fingerprint density at radius 2 is 2.13 bits per heavy atom. The normalized spacial score (nSPS) is 24.6. The van der Waals surface area contributed by atoms with Gasteiger partial charge in [-0.15, -0.1) is 11.3 Å². The van der Waals surface area contributed by atoms with Gasteiger partial charge in [-0.05, 0) is 25.7 Å². The van der Waals surface area contributed by atoms with E-state index in [9.17, 15) is 5.11 Å². The van der Waals surface area contributed by atoms with Gasteiger partial charge in [0.1, 0.15) is 5.01 Å². The fourth-order valence-corrected chi connectivity index (χ4v) is 3.74. The molecule has 0 aliphatic heterocycles. The molecule has 0 atom stereocenters. The number of aliphatic hydroxyl groups is 1. The van der Waals surface area contributed by atoms with Crippen LogP contribution < -0.4 is 0 Å². The zero-order valence-corrected chi connectivity index (χ0v) is 9.72. The number of aromatic nitrogens is 1. The van der Waals surface area contributed by atoms with Gasteiger partial charge >= 0.3 is 0 Å². The van der Waals surface area contributed by atoms with Crippen molar-refractivity contribution >= 4 is 11.3 Å². The summed E-state index contributed by atoms with van der Waals surface area (Å²) in [6, 6.07) is 0. The van der Waals surface area contributed by atoms with Crippen LogP contribution in [0.5, 0.6) is 0 Å². The van der Waals surface area contributed by atoms with Crippen molar-refractivity contribution < 1.29 is 5.11 Å². The summed E-state index contributed by atoms with van der Waals surface area (Å²) in [7, 11) is 0. The molecule has 82 valence electrons. The molecular formula is C12H17NOS. The number of aliphatic hydroxyl groups excluding tert-OH is 1. The molecule has 0 amide bonds. The van der Waals surface area contributed by atoms with E-state index in [0.29, 0.717) is 0 Å². The van der Waals surface area contributed by atoms with Crippen LogP contribution in [0, 0.1) is 0 Å². The molecule has 0 unspecified atom stereocenters.